The SMILES string of the molecule is CCCC1CCC(CNCC)C(c2ccc(Cl)cc2)C1. The molecule has 0 aliphatic heterocycles. The lowest BCUT2D eigenvalue weighted by molar-refractivity contribution is 0.221. The Bertz CT molecular complexity index is 387. The third kappa shape index (κ3) is 4.23. The van der Waals surface area contributed by atoms with Crippen molar-refractivity contribution in [2.24, 2.45) is 11.8 Å². The molecule has 1 saturated carbocycles. The number of benzene rings is 1. The molecule has 0 aromatic heterocycles. The van der Waals surface area contributed by atoms with Crippen molar-refractivity contribution in [2.75, 3.05) is 13.1 Å². The highest BCUT2D eigenvalue weighted by Gasteiger charge is 2.30. The fourth-order valence-corrected chi connectivity index (χ4v) is 3.81. The summed E-state index contributed by atoms with van der Waals surface area (Å²) in [6.07, 6.45) is 6.83. The summed E-state index contributed by atoms with van der Waals surface area (Å²) in [5.74, 6) is 2.40. The molecule has 1 aliphatic rings. The van der Waals surface area contributed by atoms with Gasteiger partial charge < -0.3 is 5.32 Å². The van der Waals surface area contributed by atoms with E-state index < -0.39 is 0 Å². The fraction of sp³-hybridized carbons (Fsp3) is 0.667. The Kier molecular flexibility index (Phi) is 6.38. The molecule has 3 atom stereocenters. The predicted molar refractivity (Wildman–Crippen MR) is 88.5 cm³/mol. The van der Waals surface area contributed by atoms with Gasteiger partial charge in [0.15, 0.2) is 0 Å². The topological polar surface area (TPSA) is 12.0 Å². The summed E-state index contributed by atoms with van der Waals surface area (Å²) in [6, 6.07) is 8.57. The Morgan fingerprint density at radius 2 is 1.90 bits per heavy atom. The van der Waals surface area contributed by atoms with Crippen LogP contribution in [0.5, 0.6) is 0 Å². The van der Waals surface area contributed by atoms with Crippen LogP contribution < -0.4 is 5.32 Å². The predicted octanol–water partition coefficient (Wildman–Crippen LogP) is 5.25. The molecule has 112 valence electrons. The molecule has 3 unspecified atom stereocenters. The monoisotopic (exact) mass is 293 g/mol. The summed E-state index contributed by atoms with van der Waals surface area (Å²) in [4.78, 5) is 0. The molecule has 0 heterocycles. The van der Waals surface area contributed by atoms with E-state index in [1.165, 1.54) is 37.7 Å². The first-order valence-corrected chi connectivity index (χ1v) is 8.58. The zero-order valence-corrected chi connectivity index (χ0v) is 13.6. The van der Waals surface area contributed by atoms with Crippen molar-refractivity contribution >= 4 is 11.6 Å². The van der Waals surface area contributed by atoms with E-state index in [0.29, 0.717) is 5.92 Å². The maximum absolute atomic E-state index is 6.04. The Morgan fingerprint density at radius 3 is 2.55 bits per heavy atom. The summed E-state index contributed by atoms with van der Waals surface area (Å²) in [7, 11) is 0. The first-order chi connectivity index (χ1) is 9.74. The molecule has 20 heavy (non-hydrogen) atoms. The molecule has 0 radical (unpaired) electrons. The highest BCUT2D eigenvalue weighted by Crippen LogP contribution is 2.42. The van der Waals surface area contributed by atoms with Crippen molar-refractivity contribution in [3.05, 3.63) is 34.9 Å². The van der Waals surface area contributed by atoms with Gasteiger partial charge in [0.25, 0.3) is 0 Å². The maximum atomic E-state index is 6.04. The minimum Gasteiger partial charge on any atom is -0.317 e. The molecule has 1 nitrogen and oxygen atoms in total. The average Bonchev–Trinajstić information content (AvgIpc) is 2.47. The lowest BCUT2D eigenvalue weighted by Gasteiger charge is -2.37. The number of hydrogen-bond donors (Lipinski definition) is 1. The molecule has 2 heteroatoms. The normalized spacial score (nSPS) is 26.6. The van der Waals surface area contributed by atoms with Crippen molar-refractivity contribution < 1.29 is 0 Å². The molecule has 0 spiro atoms. The highest BCUT2D eigenvalue weighted by molar-refractivity contribution is 6.30. The van der Waals surface area contributed by atoms with Crippen LogP contribution in [0.25, 0.3) is 0 Å². The molecule has 0 saturated heterocycles. The van der Waals surface area contributed by atoms with Crippen molar-refractivity contribution in [3.8, 4) is 0 Å². The van der Waals surface area contributed by atoms with E-state index in [1.807, 2.05) is 12.1 Å². The summed E-state index contributed by atoms with van der Waals surface area (Å²) in [5, 5.41) is 4.40. The quantitative estimate of drug-likeness (QED) is 0.755. The summed E-state index contributed by atoms with van der Waals surface area (Å²) in [5.41, 5.74) is 1.48. The fourth-order valence-electron chi connectivity index (χ4n) is 3.68. The van der Waals surface area contributed by atoms with Crippen molar-refractivity contribution in [2.45, 2.75) is 51.9 Å². The van der Waals surface area contributed by atoms with Crippen LogP contribution in [-0.4, -0.2) is 13.1 Å². The summed E-state index contributed by atoms with van der Waals surface area (Å²) in [6.45, 7) is 6.73. The van der Waals surface area contributed by atoms with E-state index in [-0.39, 0.29) is 0 Å². The second-order valence-electron chi connectivity index (χ2n) is 6.19. The zero-order valence-electron chi connectivity index (χ0n) is 12.9. The maximum Gasteiger partial charge on any atom is 0.0406 e. The number of rotatable bonds is 6. The smallest absolute Gasteiger partial charge is 0.0406 e. The first kappa shape index (κ1) is 15.9. The van der Waals surface area contributed by atoms with Crippen molar-refractivity contribution in [1.82, 2.24) is 5.32 Å². The van der Waals surface area contributed by atoms with Crippen molar-refractivity contribution in [3.63, 3.8) is 0 Å². The van der Waals surface area contributed by atoms with E-state index >= 15 is 0 Å². The van der Waals surface area contributed by atoms with Crippen LogP contribution in [0.15, 0.2) is 24.3 Å². The number of halogens is 1. The van der Waals surface area contributed by atoms with Crippen LogP contribution in [0.3, 0.4) is 0 Å². The van der Waals surface area contributed by atoms with E-state index in [0.717, 1.165) is 29.9 Å². The Labute approximate surface area is 129 Å². The summed E-state index contributed by atoms with van der Waals surface area (Å²) >= 11 is 6.04. The molecule has 1 aromatic carbocycles. The van der Waals surface area contributed by atoms with Gasteiger partial charge in [0.2, 0.25) is 0 Å². The average molecular weight is 294 g/mol. The standard InChI is InChI=1S/C18H28ClN/c1-3-5-14-6-7-16(13-20-4-2)18(12-14)15-8-10-17(19)11-9-15/h8-11,14,16,18,20H,3-7,12-13H2,1-2H3. The van der Waals surface area contributed by atoms with Crippen LogP contribution >= 0.6 is 11.6 Å². The summed E-state index contributed by atoms with van der Waals surface area (Å²) < 4.78 is 0. The lowest BCUT2D eigenvalue weighted by Crippen LogP contribution is -2.32. The van der Waals surface area contributed by atoms with Gasteiger partial charge in [-0.2, -0.15) is 0 Å². The Morgan fingerprint density at radius 1 is 1.15 bits per heavy atom. The molecule has 1 fully saturated rings. The van der Waals surface area contributed by atoms with E-state index in [1.54, 1.807) is 0 Å². The van der Waals surface area contributed by atoms with Crippen LogP contribution in [-0.2, 0) is 0 Å². The molecular weight excluding hydrogens is 266 g/mol. The first-order valence-electron chi connectivity index (χ1n) is 8.20. The van der Waals surface area contributed by atoms with Crippen LogP contribution in [0, 0.1) is 11.8 Å². The van der Waals surface area contributed by atoms with Gasteiger partial charge in [-0.05, 0) is 61.4 Å². The van der Waals surface area contributed by atoms with Gasteiger partial charge in [0.1, 0.15) is 0 Å². The number of nitrogens with one attached hydrogen (secondary N) is 1. The van der Waals surface area contributed by atoms with E-state index in [2.05, 4.69) is 31.3 Å². The van der Waals surface area contributed by atoms with Gasteiger partial charge in [-0.15, -0.1) is 0 Å². The van der Waals surface area contributed by atoms with E-state index in [9.17, 15) is 0 Å². The van der Waals surface area contributed by atoms with Gasteiger partial charge >= 0.3 is 0 Å². The Balaban J connectivity index is 2.10. The minimum atomic E-state index is 0.705. The van der Waals surface area contributed by atoms with Gasteiger partial charge in [0, 0.05) is 5.02 Å². The molecule has 1 aromatic rings. The van der Waals surface area contributed by atoms with Crippen LogP contribution in [0.1, 0.15) is 57.4 Å². The highest BCUT2D eigenvalue weighted by atomic mass is 35.5. The van der Waals surface area contributed by atoms with E-state index in [4.69, 9.17) is 11.6 Å². The van der Waals surface area contributed by atoms with Gasteiger partial charge in [-0.25, -0.2) is 0 Å². The van der Waals surface area contributed by atoms with Gasteiger partial charge in [-0.3, -0.25) is 0 Å². The van der Waals surface area contributed by atoms with Crippen LogP contribution in [0.4, 0.5) is 0 Å². The minimum absolute atomic E-state index is 0.705. The zero-order chi connectivity index (χ0) is 14.4. The molecule has 1 N–H and O–H groups in total. The third-order valence-corrected chi connectivity index (χ3v) is 5.01. The second kappa shape index (κ2) is 8.05. The third-order valence-electron chi connectivity index (χ3n) is 4.75. The second-order valence-corrected chi connectivity index (χ2v) is 6.63. The Hall–Kier alpha value is -0.530. The number of hydrogen-bond acceptors (Lipinski definition) is 1. The van der Waals surface area contributed by atoms with Gasteiger partial charge in [-0.1, -0.05) is 56.8 Å². The molecule has 1 aliphatic carbocycles. The molecule has 0 bridgehead atoms. The van der Waals surface area contributed by atoms with Crippen molar-refractivity contribution in [1.29, 1.82) is 0 Å². The molecular formula is C18H28ClN. The molecule has 0 amide bonds. The largest absolute Gasteiger partial charge is 0.317 e. The lowest BCUT2D eigenvalue weighted by atomic mass is 9.70. The van der Waals surface area contributed by atoms with Gasteiger partial charge in [0.05, 0.1) is 0 Å². The molecule has 2 rings (SSSR count). The van der Waals surface area contributed by atoms with Crippen LogP contribution in [0.2, 0.25) is 5.02 Å².